The Labute approximate surface area is 126 Å². The molecule has 0 aliphatic heterocycles. The van der Waals surface area contributed by atoms with Gasteiger partial charge in [-0.3, -0.25) is 4.79 Å². The van der Waals surface area contributed by atoms with Crippen molar-refractivity contribution in [2.75, 3.05) is 6.61 Å². The zero-order valence-electron chi connectivity index (χ0n) is 12.8. The van der Waals surface area contributed by atoms with E-state index in [1.54, 1.807) is 0 Å². The fourth-order valence-electron chi connectivity index (χ4n) is 2.66. The lowest BCUT2D eigenvalue weighted by atomic mass is 9.93. The summed E-state index contributed by atoms with van der Waals surface area (Å²) in [5.41, 5.74) is 1.25. The van der Waals surface area contributed by atoms with Gasteiger partial charge in [0.25, 0.3) is 5.91 Å². The zero-order chi connectivity index (χ0) is 15.2. The molecule has 1 amide bonds. The number of nitrogens with one attached hydrogen (secondary N) is 1. The van der Waals surface area contributed by atoms with Crippen molar-refractivity contribution in [2.24, 2.45) is 0 Å². The normalized spacial score (nSPS) is 22.1. The molecule has 0 spiro atoms. The molecule has 1 aromatic carbocycles. The molecule has 4 nitrogen and oxygen atoms in total. The number of aliphatic hydroxyl groups excluding tert-OH is 1. The highest BCUT2D eigenvalue weighted by Crippen LogP contribution is 2.19. The van der Waals surface area contributed by atoms with Gasteiger partial charge in [0.1, 0.15) is 5.75 Å². The zero-order valence-corrected chi connectivity index (χ0v) is 12.8. The summed E-state index contributed by atoms with van der Waals surface area (Å²) in [6, 6.07) is 7.92. The van der Waals surface area contributed by atoms with E-state index in [0.717, 1.165) is 19.3 Å². The average molecular weight is 291 g/mol. The summed E-state index contributed by atoms with van der Waals surface area (Å²) in [5, 5.41) is 12.5. The van der Waals surface area contributed by atoms with Gasteiger partial charge in [0.05, 0.1) is 6.10 Å². The molecular formula is C17H25NO3. The number of ether oxygens (including phenoxy) is 1. The van der Waals surface area contributed by atoms with Gasteiger partial charge in [-0.2, -0.15) is 0 Å². The molecule has 0 radical (unpaired) electrons. The number of benzene rings is 1. The van der Waals surface area contributed by atoms with Crippen molar-refractivity contribution in [3.05, 3.63) is 29.8 Å². The summed E-state index contributed by atoms with van der Waals surface area (Å²) in [5.74, 6) is 1.07. The van der Waals surface area contributed by atoms with Gasteiger partial charge in [-0.05, 0) is 49.3 Å². The first-order chi connectivity index (χ1) is 10.0. The molecule has 0 aromatic heterocycles. The van der Waals surface area contributed by atoms with Crippen LogP contribution in [0.3, 0.4) is 0 Å². The Morgan fingerprint density at radius 1 is 1.33 bits per heavy atom. The quantitative estimate of drug-likeness (QED) is 0.876. The number of rotatable bonds is 5. The number of carbonyl (C=O) groups is 1. The maximum absolute atomic E-state index is 11.8. The molecule has 0 unspecified atom stereocenters. The maximum Gasteiger partial charge on any atom is 0.258 e. The van der Waals surface area contributed by atoms with Crippen LogP contribution in [0.15, 0.2) is 24.3 Å². The van der Waals surface area contributed by atoms with Crippen LogP contribution in [-0.4, -0.2) is 29.8 Å². The predicted molar refractivity (Wildman–Crippen MR) is 82.4 cm³/mol. The van der Waals surface area contributed by atoms with E-state index in [9.17, 15) is 9.90 Å². The minimum Gasteiger partial charge on any atom is -0.484 e. The van der Waals surface area contributed by atoms with Gasteiger partial charge in [-0.15, -0.1) is 0 Å². The van der Waals surface area contributed by atoms with Crippen molar-refractivity contribution in [3.8, 4) is 5.75 Å². The topological polar surface area (TPSA) is 58.6 Å². The van der Waals surface area contributed by atoms with Crippen molar-refractivity contribution >= 4 is 5.91 Å². The third-order valence-electron chi connectivity index (χ3n) is 3.93. The first-order valence-electron chi connectivity index (χ1n) is 7.75. The van der Waals surface area contributed by atoms with Gasteiger partial charge in [-0.25, -0.2) is 0 Å². The summed E-state index contributed by atoms with van der Waals surface area (Å²) < 4.78 is 5.50. The van der Waals surface area contributed by atoms with E-state index in [0.29, 0.717) is 18.1 Å². The second-order valence-corrected chi connectivity index (χ2v) is 6.10. The molecule has 1 aliphatic carbocycles. The monoisotopic (exact) mass is 291 g/mol. The molecule has 1 fully saturated rings. The Kier molecular flexibility index (Phi) is 5.62. The number of aliphatic hydroxyl groups is 1. The Balaban J connectivity index is 1.75. The molecule has 2 atom stereocenters. The fourth-order valence-corrected chi connectivity index (χ4v) is 2.66. The van der Waals surface area contributed by atoms with Gasteiger partial charge >= 0.3 is 0 Å². The third kappa shape index (κ3) is 5.05. The van der Waals surface area contributed by atoms with Crippen LogP contribution in [0.1, 0.15) is 51.0 Å². The molecule has 2 rings (SSSR count). The molecule has 2 N–H and O–H groups in total. The van der Waals surface area contributed by atoms with Crippen molar-refractivity contribution in [1.82, 2.24) is 5.32 Å². The smallest absolute Gasteiger partial charge is 0.258 e. The molecule has 0 saturated heterocycles. The summed E-state index contributed by atoms with van der Waals surface area (Å²) in [6.07, 6.45) is 3.10. The van der Waals surface area contributed by atoms with Crippen molar-refractivity contribution < 1.29 is 14.6 Å². The lowest BCUT2D eigenvalue weighted by molar-refractivity contribution is -0.124. The van der Waals surface area contributed by atoms with Crippen LogP contribution in [-0.2, 0) is 4.79 Å². The van der Waals surface area contributed by atoms with Gasteiger partial charge in [-0.1, -0.05) is 26.0 Å². The summed E-state index contributed by atoms with van der Waals surface area (Å²) in [4.78, 5) is 11.8. The van der Waals surface area contributed by atoms with Crippen LogP contribution < -0.4 is 10.1 Å². The van der Waals surface area contributed by atoms with E-state index in [1.165, 1.54) is 5.56 Å². The number of hydrogen-bond donors (Lipinski definition) is 2. The van der Waals surface area contributed by atoms with Crippen LogP contribution >= 0.6 is 0 Å². The van der Waals surface area contributed by atoms with E-state index < -0.39 is 0 Å². The largest absolute Gasteiger partial charge is 0.484 e. The highest BCUT2D eigenvalue weighted by Gasteiger charge is 2.21. The molecular weight excluding hydrogens is 266 g/mol. The van der Waals surface area contributed by atoms with Crippen LogP contribution in [0, 0.1) is 0 Å². The molecule has 4 heteroatoms. The van der Waals surface area contributed by atoms with E-state index in [-0.39, 0.29) is 24.7 Å². The summed E-state index contributed by atoms with van der Waals surface area (Å²) >= 11 is 0. The maximum atomic E-state index is 11.8. The SMILES string of the molecule is CC(C)c1ccc(OCC(=O)N[C@@H]2CCC[C@H](O)C2)cc1. The van der Waals surface area contributed by atoms with E-state index in [2.05, 4.69) is 19.2 Å². The highest BCUT2D eigenvalue weighted by molar-refractivity contribution is 5.77. The van der Waals surface area contributed by atoms with Crippen LogP contribution in [0.5, 0.6) is 5.75 Å². The van der Waals surface area contributed by atoms with Crippen LogP contribution in [0.2, 0.25) is 0 Å². The first-order valence-corrected chi connectivity index (χ1v) is 7.75. The first kappa shape index (κ1) is 15.8. The molecule has 1 aliphatic rings. The lowest BCUT2D eigenvalue weighted by Gasteiger charge is -2.26. The van der Waals surface area contributed by atoms with Crippen molar-refractivity contribution in [2.45, 2.75) is 57.6 Å². The van der Waals surface area contributed by atoms with E-state index in [1.807, 2.05) is 24.3 Å². The Morgan fingerprint density at radius 3 is 2.67 bits per heavy atom. The fraction of sp³-hybridized carbons (Fsp3) is 0.588. The van der Waals surface area contributed by atoms with Gasteiger partial charge < -0.3 is 15.2 Å². The lowest BCUT2D eigenvalue weighted by Crippen LogP contribution is -2.41. The minimum absolute atomic E-state index is 0.0214. The van der Waals surface area contributed by atoms with Crippen molar-refractivity contribution in [3.63, 3.8) is 0 Å². The van der Waals surface area contributed by atoms with Crippen molar-refractivity contribution in [1.29, 1.82) is 0 Å². The Morgan fingerprint density at radius 2 is 2.05 bits per heavy atom. The van der Waals surface area contributed by atoms with Crippen LogP contribution in [0.25, 0.3) is 0 Å². The molecule has 1 saturated carbocycles. The second-order valence-electron chi connectivity index (χ2n) is 6.10. The predicted octanol–water partition coefficient (Wildman–Crippen LogP) is 2.61. The summed E-state index contributed by atoms with van der Waals surface area (Å²) in [6.45, 7) is 4.30. The number of carbonyl (C=O) groups excluding carboxylic acids is 1. The molecule has 21 heavy (non-hydrogen) atoms. The Hall–Kier alpha value is -1.55. The Bertz CT molecular complexity index is 456. The van der Waals surface area contributed by atoms with Gasteiger partial charge in [0.2, 0.25) is 0 Å². The van der Waals surface area contributed by atoms with E-state index in [4.69, 9.17) is 4.74 Å². The number of amides is 1. The van der Waals surface area contributed by atoms with E-state index >= 15 is 0 Å². The molecule has 116 valence electrons. The molecule has 0 bridgehead atoms. The van der Waals surface area contributed by atoms with Gasteiger partial charge in [0, 0.05) is 6.04 Å². The highest BCUT2D eigenvalue weighted by atomic mass is 16.5. The minimum atomic E-state index is -0.284. The standard InChI is InChI=1S/C17H25NO3/c1-12(2)13-6-8-16(9-7-13)21-11-17(20)18-14-4-3-5-15(19)10-14/h6-9,12,14-15,19H,3-5,10-11H2,1-2H3,(H,18,20)/t14-,15+/m1/s1. The third-order valence-corrected chi connectivity index (χ3v) is 3.93. The molecule has 0 heterocycles. The second kappa shape index (κ2) is 7.46. The molecule has 1 aromatic rings. The van der Waals surface area contributed by atoms with Gasteiger partial charge in [0.15, 0.2) is 6.61 Å². The summed E-state index contributed by atoms with van der Waals surface area (Å²) in [7, 11) is 0. The van der Waals surface area contributed by atoms with Crippen LogP contribution in [0.4, 0.5) is 0 Å². The average Bonchev–Trinajstić information content (AvgIpc) is 2.45. The number of hydrogen-bond acceptors (Lipinski definition) is 3.